The van der Waals surface area contributed by atoms with E-state index in [-0.39, 0.29) is 11.9 Å². The number of carbonyl (C=O) groups excluding carboxylic acids is 1. The van der Waals surface area contributed by atoms with E-state index in [4.69, 9.17) is 0 Å². The summed E-state index contributed by atoms with van der Waals surface area (Å²) in [6, 6.07) is 6.21. The van der Waals surface area contributed by atoms with Gasteiger partial charge in [-0.2, -0.15) is 0 Å². The lowest BCUT2D eigenvalue weighted by Gasteiger charge is -2.21. The van der Waals surface area contributed by atoms with Gasteiger partial charge < -0.3 is 10.6 Å². The second-order valence-corrected chi connectivity index (χ2v) is 5.87. The predicted octanol–water partition coefficient (Wildman–Crippen LogP) is 3.74. The van der Waals surface area contributed by atoms with E-state index in [9.17, 15) is 4.79 Å². The summed E-state index contributed by atoms with van der Waals surface area (Å²) >= 11 is 0. The van der Waals surface area contributed by atoms with Crippen LogP contribution in [0.15, 0.2) is 18.2 Å². The first-order valence-electron chi connectivity index (χ1n) is 7.77. The molecule has 3 nitrogen and oxygen atoms in total. The molecule has 1 atom stereocenters. The average Bonchev–Trinajstić information content (AvgIpc) is 2.93. The Balaban J connectivity index is 2.01. The van der Waals surface area contributed by atoms with E-state index in [0.29, 0.717) is 5.92 Å². The number of aryl methyl sites for hydroxylation is 1. The van der Waals surface area contributed by atoms with E-state index in [2.05, 4.69) is 24.5 Å². The van der Waals surface area contributed by atoms with Gasteiger partial charge in [-0.3, -0.25) is 4.79 Å². The summed E-state index contributed by atoms with van der Waals surface area (Å²) in [7, 11) is 0. The molecule has 0 aromatic heterocycles. The first kappa shape index (κ1) is 14.9. The van der Waals surface area contributed by atoms with Crippen LogP contribution in [-0.2, 0) is 0 Å². The highest BCUT2D eigenvalue weighted by molar-refractivity contribution is 5.96. The maximum absolute atomic E-state index is 12.4. The van der Waals surface area contributed by atoms with Crippen molar-refractivity contribution in [3.05, 3.63) is 29.3 Å². The van der Waals surface area contributed by atoms with Gasteiger partial charge in [0.15, 0.2) is 0 Å². The van der Waals surface area contributed by atoms with Crippen molar-refractivity contribution in [2.75, 3.05) is 11.9 Å². The largest absolute Gasteiger partial charge is 0.385 e. The number of benzene rings is 1. The maximum atomic E-state index is 12.4. The molecule has 1 aromatic carbocycles. The van der Waals surface area contributed by atoms with Gasteiger partial charge in [-0.15, -0.1) is 0 Å². The van der Waals surface area contributed by atoms with Crippen molar-refractivity contribution >= 4 is 11.6 Å². The van der Waals surface area contributed by atoms with Crippen LogP contribution in [0.5, 0.6) is 0 Å². The molecule has 0 radical (unpaired) electrons. The van der Waals surface area contributed by atoms with Gasteiger partial charge in [0.2, 0.25) is 0 Å². The molecule has 1 saturated carbocycles. The molecule has 0 bridgehead atoms. The number of anilines is 1. The van der Waals surface area contributed by atoms with Gasteiger partial charge in [-0.25, -0.2) is 0 Å². The number of hydrogen-bond acceptors (Lipinski definition) is 2. The highest BCUT2D eigenvalue weighted by Crippen LogP contribution is 2.27. The van der Waals surface area contributed by atoms with Crippen molar-refractivity contribution in [3.8, 4) is 0 Å². The third kappa shape index (κ3) is 3.53. The summed E-state index contributed by atoms with van der Waals surface area (Å²) < 4.78 is 0. The summed E-state index contributed by atoms with van der Waals surface area (Å²) in [6.45, 7) is 7.09. The molecule has 1 fully saturated rings. The molecule has 1 aliphatic rings. The minimum absolute atomic E-state index is 0.0601. The molecule has 1 unspecified atom stereocenters. The normalized spacial score (nSPS) is 16.9. The smallest absolute Gasteiger partial charge is 0.251 e. The first-order chi connectivity index (χ1) is 9.61. The van der Waals surface area contributed by atoms with Crippen LogP contribution in [0.4, 0.5) is 5.69 Å². The molecule has 0 spiro atoms. The van der Waals surface area contributed by atoms with Gasteiger partial charge in [0.05, 0.1) is 0 Å². The fraction of sp³-hybridized carbons (Fsp3) is 0.588. The van der Waals surface area contributed by atoms with Crippen molar-refractivity contribution in [2.45, 2.75) is 52.5 Å². The Morgan fingerprint density at radius 2 is 2.05 bits per heavy atom. The van der Waals surface area contributed by atoms with Crippen molar-refractivity contribution in [3.63, 3.8) is 0 Å². The zero-order valence-corrected chi connectivity index (χ0v) is 12.8. The number of carbonyl (C=O) groups is 1. The van der Waals surface area contributed by atoms with E-state index in [1.807, 2.05) is 25.1 Å². The Hall–Kier alpha value is -1.51. The number of hydrogen-bond donors (Lipinski definition) is 2. The quantitative estimate of drug-likeness (QED) is 0.859. The van der Waals surface area contributed by atoms with Crippen molar-refractivity contribution in [1.82, 2.24) is 5.32 Å². The summed E-state index contributed by atoms with van der Waals surface area (Å²) in [4.78, 5) is 12.4. The fourth-order valence-corrected chi connectivity index (χ4v) is 3.09. The lowest BCUT2D eigenvalue weighted by molar-refractivity contribution is 0.0926. The molecule has 0 heterocycles. The van der Waals surface area contributed by atoms with Crippen molar-refractivity contribution in [2.24, 2.45) is 5.92 Å². The van der Waals surface area contributed by atoms with Gasteiger partial charge in [0.25, 0.3) is 5.91 Å². The summed E-state index contributed by atoms with van der Waals surface area (Å²) in [5.41, 5.74) is 2.89. The summed E-state index contributed by atoms with van der Waals surface area (Å²) in [5, 5.41) is 6.44. The van der Waals surface area contributed by atoms with E-state index in [0.717, 1.165) is 23.4 Å². The molecule has 3 heteroatoms. The topological polar surface area (TPSA) is 41.1 Å². The highest BCUT2D eigenvalue weighted by atomic mass is 16.1. The van der Waals surface area contributed by atoms with E-state index >= 15 is 0 Å². The van der Waals surface area contributed by atoms with Gasteiger partial charge in [0, 0.05) is 23.8 Å². The molecule has 20 heavy (non-hydrogen) atoms. The second kappa shape index (κ2) is 6.78. The minimum Gasteiger partial charge on any atom is -0.385 e. The maximum Gasteiger partial charge on any atom is 0.251 e. The van der Waals surface area contributed by atoms with Gasteiger partial charge in [-0.1, -0.05) is 12.8 Å². The lowest BCUT2D eigenvalue weighted by Crippen LogP contribution is -2.37. The molecular formula is C17H26N2O. The van der Waals surface area contributed by atoms with Crippen LogP contribution in [-0.4, -0.2) is 18.5 Å². The van der Waals surface area contributed by atoms with Crippen LogP contribution in [0.3, 0.4) is 0 Å². The molecule has 2 N–H and O–H groups in total. The molecule has 2 rings (SSSR count). The highest BCUT2D eigenvalue weighted by Gasteiger charge is 2.23. The number of amides is 1. The van der Waals surface area contributed by atoms with Crippen LogP contribution in [0.1, 0.15) is 55.5 Å². The molecule has 1 aliphatic carbocycles. The average molecular weight is 274 g/mol. The molecule has 0 aliphatic heterocycles. The van der Waals surface area contributed by atoms with E-state index in [1.54, 1.807) is 0 Å². The summed E-state index contributed by atoms with van der Waals surface area (Å²) in [6.07, 6.45) is 5.11. The Kier molecular flexibility index (Phi) is 5.05. The van der Waals surface area contributed by atoms with Crippen LogP contribution >= 0.6 is 0 Å². The Morgan fingerprint density at radius 1 is 1.35 bits per heavy atom. The monoisotopic (exact) mass is 274 g/mol. The lowest BCUT2D eigenvalue weighted by atomic mass is 9.99. The Bertz CT molecular complexity index is 464. The molecular weight excluding hydrogens is 248 g/mol. The third-order valence-corrected chi connectivity index (χ3v) is 4.32. The van der Waals surface area contributed by atoms with Crippen molar-refractivity contribution < 1.29 is 4.79 Å². The van der Waals surface area contributed by atoms with Gasteiger partial charge >= 0.3 is 0 Å². The molecule has 1 aromatic rings. The second-order valence-electron chi connectivity index (χ2n) is 5.87. The van der Waals surface area contributed by atoms with E-state index in [1.165, 1.54) is 25.7 Å². The first-order valence-corrected chi connectivity index (χ1v) is 7.77. The zero-order valence-electron chi connectivity index (χ0n) is 12.8. The van der Waals surface area contributed by atoms with Gasteiger partial charge in [0.1, 0.15) is 0 Å². The zero-order chi connectivity index (χ0) is 14.5. The standard InChI is InChI=1S/C17H26N2O/c1-4-18-15-9-10-16(12(2)11-15)17(20)19-13(3)14-7-5-6-8-14/h9-11,13-14,18H,4-8H2,1-3H3,(H,19,20). The van der Waals surface area contributed by atoms with Crippen molar-refractivity contribution in [1.29, 1.82) is 0 Å². The van der Waals surface area contributed by atoms with Gasteiger partial charge in [-0.05, 0) is 63.3 Å². The van der Waals surface area contributed by atoms with Crippen LogP contribution in [0, 0.1) is 12.8 Å². The third-order valence-electron chi connectivity index (χ3n) is 4.32. The van der Waals surface area contributed by atoms with Crippen LogP contribution < -0.4 is 10.6 Å². The number of rotatable bonds is 5. The molecule has 110 valence electrons. The number of nitrogens with one attached hydrogen (secondary N) is 2. The molecule has 0 saturated heterocycles. The SMILES string of the molecule is CCNc1ccc(C(=O)NC(C)C2CCCC2)c(C)c1. The minimum atomic E-state index is 0.0601. The summed E-state index contributed by atoms with van der Waals surface area (Å²) in [5.74, 6) is 0.713. The fourth-order valence-electron chi connectivity index (χ4n) is 3.09. The molecule has 1 amide bonds. The van der Waals surface area contributed by atoms with E-state index < -0.39 is 0 Å². The predicted molar refractivity (Wildman–Crippen MR) is 84.2 cm³/mol. The van der Waals surface area contributed by atoms with Crippen LogP contribution in [0.2, 0.25) is 0 Å². The van der Waals surface area contributed by atoms with Crippen LogP contribution in [0.25, 0.3) is 0 Å². The Labute approximate surface area is 122 Å². The Morgan fingerprint density at radius 3 is 2.65 bits per heavy atom.